The van der Waals surface area contributed by atoms with Crippen molar-refractivity contribution < 1.29 is 14.2 Å². The van der Waals surface area contributed by atoms with E-state index in [0.717, 1.165) is 5.56 Å². The maximum atomic E-state index is 8.81. The van der Waals surface area contributed by atoms with Gasteiger partial charge >= 0.3 is 0 Å². The van der Waals surface area contributed by atoms with E-state index < -0.39 is 0 Å². The Morgan fingerprint density at radius 2 is 2.05 bits per heavy atom. The molecule has 100 valence electrons. The van der Waals surface area contributed by atoms with Gasteiger partial charge in [-0.25, -0.2) is 5.84 Å². The largest absolute Gasteiger partial charge is 0.485 e. The molecule has 0 aliphatic carbocycles. The first-order chi connectivity index (χ1) is 9.76. The van der Waals surface area contributed by atoms with E-state index in [1.807, 2.05) is 18.2 Å². The lowest BCUT2D eigenvalue weighted by Crippen LogP contribution is -2.20. The number of nitriles is 1. The summed E-state index contributed by atoms with van der Waals surface area (Å²) in [5, 5.41) is 8.81. The van der Waals surface area contributed by atoms with Crippen molar-refractivity contribution in [3.63, 3.8) is 0 Å². The molecule has 1 unspecified atom stereocenters. The molecule has 20 heavy (non-hydrogen) atoms. The smallest absolute Gasteiger partial charge is 0.197 e. The molecule has 5 nitrogen and oxygen atoms in total. The Hall–Kier alpha value is -2.74. The van der Waals surface area contributed by atoms with Gasteiger partial charge in [-0.05, 0) is 17.7 Å². The zero-order valence-corrected chi connectivity index (χ0v) is 10.8. The normalized spacial score (nSPS) is 20.9. The van der Waals surface area contributed by atoms with Crippen molar-refractivity contribution in [3.05, 3.63) is 59.1 Å². The van der Waals surface area contributed by atoms with Gasteiger partial charge in [0, 0.05) is 6.08 Å². The van der Waals surface area contributed by atoms with Gasteiger partial charge in [-0.2, -0.15) is 5.26 Å². The fraction of sp³-hybridized carbons (Fsp3) is 0.200. The minimum absolute atomic E-state index is 0.171. The van der Waals surface area contributed by atoms with Gasteiger partial charge in [0.15, 0.2) is 30.4 Å². The molecule has 2 aliphatic heterocycles. The van der Waals surface area contributed by atoms with Crippen LogP contribution in [0.15, 0.2) is 47.9 Å². The van der Waals surface area contributed by atoms with Gasteiger partial charge in [-0.3, -0.25) is 0 Å². The molecule has 0 aromatic heterocycles. The van der Waals surface area contributed by atoms with Crippen LogP contribution in [0.25, 0.3) is 0 Å². The van der Waals surface area contributed by atoms with Gasteiger partial charge in [0.1, 0.15) is 6.61 Å². The molecule has 0 spiro atoms. The van der Waals surface area contributed by atoms with E-state index in [4.69, 9.17) is 20.6 Å². The van der Waals surface area contributed by atoms with Crippen molar-refractivity contribution in [2.75, 3.05) is 13.2 Å². The minimum atomic E-state index is -0.171. The summed E-state index contributed by atoms with van der Waals surface area (Å²) in [6, 6.07) is 9.43. The Morgan fingerprint density at radius 1 is 1.25 bits per heavy atom. The fourth-order valence-electron chi connectivity index (χ4n) is 2.11. The van der Waals surface area contributed by atoms with Crippen LogP contribution in [0.3, 0.4) is 0 Å². The maximum absolute atomic E-state index is 8.81. The summed E-state index contributed by atoms with van der Waals surface area (Å²) >= 11 is 0. The van der Waals surface area contributed by atoms with Gasteiger partial charge in [0.25, 0.3) is 0 Å². The average Bonchev–Trinajstić information content (AvgIpc) is 2.69. The van der Waals surface area contributed by atoms with Gasteiger partial charge in [0.2, 0.25) is 0 Å². The third kappa shape index (κ3) is 2.36. The molecule has 0 amide bonds. The summed E-state index contributed by atoms with van der Waals surface area (Å²) < 4.78 is 13.2. The number of nitrogens with zero attached hydrogens (tertiary/aromatic N) is 2. The molecule has 1 saturated heterocycles. The van der Waals surface area contributed by atoms with E-state index in [1.54, 1.807) is 29.1 Å². The van der Waals surface area contributed by atoms with Crippen molar-refractivity contribution in [1.29, 1.82) is 5.26 Å². The van der Waals surface area contributed by atoms with Gasteiger partial charge in [0.05, 0.1) is 17.7 Å². The number of hydrogen-bond donors (Lipinski definition) is 1. The summed E-state index contributed by atoms with van der Waals surface area (Å²) in [5.74, 6) is 7.11. The predicted octanol–water partition coefficient (Wildman–Crippen LogP) is 1.38. The number of hydrazone groups is 1. The first-order valence-corrected chi connectivity index (χ1v) is 6.33. The standard InChI is InChI=1S/C15H14N3O2/c16-9-11-1-3-12(4-2-11)15-10-19-13-5-7-18(17)8-6-14(13)20-15/h1-7,15H,8,10,17H2/q+1. The molecule has 5 heteroatoms. The van der Waals surface area contributed by atoms with Crippen LogP contribution in [0.5, 0.6) is 0 Å². The van der Waals surface area contributed by atoms with Crippen molar-refractivity contribution in [1.82, 2.24) is 0 Å². The first-order valence-electron chi connectivity index (χ1n) is 6.33. The van der Waals surface area contributed by atoms with Crippen LogP contribution < -0.4 is 5.84 Å². The summed E-state index contributed by atoms with van der Waals surface area (Å²) in [5.41, 5.74) is 1.62. The zero-order valence-electron chi connectivity index (χ0n) is 10.8. The average molecular weight is 268 g/mol. The molecule has 1 aromatic carbocycles. The number of ether oxygens (including phenoxy) is 2. The summed E-state index contributed by atoms with van der Waals surface area (Å²) in [6.45, 7) is 1.01. The van der Waals surface area contributed by atoms with Crippen LogP contribution in [0.1, 0.15) is 17.2 Å². The van der Waals surface area contributed by atoms with Crippen LogP contribution in [-0.4, -0.2) is 24.1 Å². The minimum Gasteiger partial charge on any atom is -0.485 e. The van der Waals surface area contributed by atoms with E-state index in [0.29, 0.717) is 30.2 Å². The SMILES string of the molecule is N#Cc1ccc(C2COC3=CC=[N+](N)CC=C3O2)cc1. The number of hydrazine groups is 1. The predicted molar refractivity (Wildman–Crippen MR) is 72.5 cm³/mol. The van der Waals surface area contributed by atoms with Crippen LogP contribution in [0, 0.1) is 11.3 Å². The molecule has 3 rings (SSSR count). The van der Waals surface area contributed by atoms with Crippen molar-refractivity contribution in [2.45, 2.75) is 6.10 Å². The summed E-state index contributed by atoms with van der Waals surface area (Å²) in [6.07, 6.45) is 5.28. The number of hydrogen-bond acceptors (Lipinski definition) is 4. The van der Waals surface area contributed by atoms with Gasteiger partial charge in [-0.1, -0.05) is 12.1 Å². The lowest BCUT2D eigenvalue weighted by molar-refractivity contribution is -0.524. The Labute approximate surface area is 116 Å². The van der Waals surface area contributed by atoms with Gasteiger partial charge < -0.3 is 9.47 Å². The van der Waals surface area contributed by atoms with Crippen molar-refractivity contribution in [3.8, 4) is 6.07 Å². The van der Waals surface area contributed by atoms with Crippen LogP contribution >= 0.6 is 0 Å². The fourth-order valence-corrected chi connectivity index (χ4v) is 2.11. The maximum Gasteiger partial charge on any atom is 0.197 e. The molecule has 1 fully saturated rings. The molecule has 2 N–H and O–H groups in total. The second-order valence-corrected chi connectivity index (χ2v) is 4.60. The molecular formula is C15H14N3O2+. The Kier molecular flexibility index (Phi) is 3.13. The highest BCUT2D eigenvalue weighted by Crippen LogP contribution is 2.31. The van der Waals surface area contributed by atoms with E-state index >= 15 is 0 Å². The molecule has 1 aromatic rings. The zero-order chi connectivity index (χ0) is 13.9. The molecule has 2 heterocycles. The number of nitrogens with two attached hydrogens (primary N) is 1. The Morgan fingerprint density at radius 3 is 2.80 bits per heavy atom. The van der Waals surface area contributed by atoms with Crippen LogP contribution in [0.4, 0.5) is 0 Å². The van der Waals surface area contributed by atoms with E-state index in [2.05, 4.69) is 6.07 Å². The highest BCUT2D eigenvalue weighted by molar-refractivity contribution is 5.68. The van der Waals surface area contributed by atoms with E-state index in [-0.39, 0.29) is 6.10 Å². The Bertz CT molecular complexity index is 651. The molecular weight excluding hydrogens is 254 g/mol. The van der Waals surface area contributed by atoms with E-state index in [9.17, 15) is 0 Å². The van der Waals surface area contributed by atoms with Crippen LogP contribution in [0.2, 0.25) is 0 Å². The third-order valence-corrected chi connectivity index (χ3v) is 3.22. The Balaban J connectivity index is 1.80. The highest BCUT2D eigenvalue weighted by atomic mass is 16.6. The number of allylic oxidation sites excluding steroid dienone is 1. The molecule has 2 aliphatic rings. The topological polar surface area (TPSA) is 71.3 Å². The lowest BCUT2D eigenvalue weighted by atomic mass is 10.1. The quantitative estimate of drug-likeness (QED) is 0.617. The first kappa shape index (κ1) is 12.3. The second kappa shape index (κ2) is 5.10. The van der Waals surface area contributed by atoms with E-state index in [1.165, 1.54) is 0 Å². The second-order valence-electron chi connectivity index (χ2n) is 4.60. The third-order valence-electron chi connectivity index (χ3n) is 3.22. The number of fused-ring (bicyclic) bond motifs is 1. The van der Waals surface area contributed by atoms with Crippen LogP contribution in [-0.2, 0) is 9.47 Å². The monoisotopic (exact) mass is 268 g/mol. The molecule has 1 atom stereocenters. The highest BCUT2D eigenvalue weighted by Gasteiger charge is 2.26. The summed E-state index contributed by atoms with van der Waals surface area (Å²) in [4.78, 5) is 0. The molecule has 0 saturated carbocycles. The number of rotatable bonds is 1. The van der Waals surface area contributed by atoms with Gasteiger partial charge in [-0.15, -0.1) is 4.68 Å². The lowest BCUT2D eigenvalue weighted by Gasteiger charge is -2.28. The van der Waals surface area contributed by atoms with Crippen molar-refractivity contribution in [2.24, 2.45) is 5.84 Å². The molecule has 0 radical (unpaired) electrons. The van der Waals surface area contributed by atoms with Crippen molar-refractivity contribution >= 4 is 6.21 Å². The molecule has 0 bridgehead atoms. The summed E-state index contributed by atoms with van der Waals surface area (Å²) in [7, 11) is 0. The number of benzene rings is 1.